The molecule has 1 saturated carbocycles. The summed E-state index contributed by atoms with van der Waals surface area (Å²) in [5, 5.41) is 3.53. The predicted octanol–water partition coefficient (Wildman–Crippen LogP) is 2.90. The van der Waals surface area contributed by atoms with Crippen molar-refractivity contribution in [1.82, 2.24) is 10.2 Å². The van der Waals surface area contributed by atoms with Crippen LogP contribution in [0.1, 0.15) is 65.7 Å². The van der Waals surface area contributed by atoms with Crippen LogP contribution in [0.25, 0.3) is 0 Å². The van der Waals surface area contributed by atoms with Crippen molar-refractivity contribution in [3.63, 3.8) is 0 Å². The molecule has 2 unspecified atom stereocenters. The molecule has 2 aliphatic rings. The van der Waals surface area contributed by atoms with E-state index in [0.29, 0.717) is 11.3 Å². The van der Waals surface area contributed by atoms with Gasteiger partial charge in [-0.25, -0.2) is 0 Å². The maximum absolute atomic E-state index is 12.5. The number of amides is 1. The quantitative estimate of drug-likeness (QED) is 0.755. The van der Waals surface area contributed by atoms with Gasteiger partial charge in [0.05, 0.1) is 12.2 Å². The first-order chi connectivity index (χ1) is 8.65. The molecule has 3 nitrogen and oxygen atoms in total. The maximum atomic E-state index is 12.5. The minimum absolute atomic E-state index is 0.0857. The third-order valence-corrected chi connectivity index (χ3v) is 4.80. The van der Waals surface area contributed by atoms with E-state index in [1.54, 1.807) is 0 Å². The first-order valence-corrected chi connectivity index (χ1v) is 7.72. The number of carbonyl (C=O) groups excluding carboxylic acids is 1. The predicted molar refractivity (Wildman–Crippen MR) is 74.2 cm³/mol. The molecule has 2 rings (SSSR count). The highest BCUT2D eigenvalue weighted by Crippen LogP contribution is 2.49. The second-order valence-corrected chi connectivity index (χ2v) is 6.11. The lowest BCUT2D eigenvalue weighted by Crippen LogP contribution is -2.40. The van der Waals surface area contributed by atoms with Gasteiger partial charge in [0.1, 0.15) is 0 Å². The van der Waals surface area contributed by atoms with Gasteiger partial charge < -0.3 is 4.90 Å². The molecule has 2 atom stereocenters. The molecule has 18 heavy (non-hydrogen) atoms. The van der Waals surface area contributed by atoms with Crippen molar-refractivity contribution in [2.45, 2.75) is 77.9 Å². The molecule has 3 heteroatoms. The standard InChI is InChI=1S/C15H28N2O/c1-4-7-8-12-14(18)17(13(5-2)16-12)11-15(6-3)9-10-15/h12-13,16H,4-11H2,1-3H3. The molecule has 1 aliphatic heterocycles. The van der Waals surface area contributed by atoms with Gasteiger partial charge in [0.15, 0.2) is 0 Å². The van der Waals surface area contributed by atoms with E-state index < -0.39 is 0 Å². The fourth-order valence-electron chi connectivity index (χ4n) is 3.05. The molecule has 1 saturated heterocycles. The van der Waals surface area contributed by atoms with Gasteiger partial charge in [0, 0.05) is 6.54 Å². The summed E-state index contributed by atoms with van der Waals surface area (Å²) < 4.78 is 0. The van der Waals surface area contributed by atoms with Crippen molar-refractivity contribution in [2.75, 3.05) is 6.54 Å². The number of nitrogens with one attached hydrogen (secondary N) is 1. The van der Waals surface area contributed by atoms with E-state index >= 15 is 0 Å². The van der Waals surface area contributed by atoms with Crippen LogP contribution in [0.5, 0.6) is 0 Å². The summed E-state index contributed by atoms with van der Waals surface area (Å²) in [5.74, 6) is 0.357. The Balaban J connectivity index is 1.97. The van der Waals surface area contributed by atoms with Gasteiger partial charge >= 0.3 is 0 Å². The lowest BCUT2D eigenvalue weighted by molar-refractivity contribution is -0.131. The molecule has 0 aromatic carbocycles. The summed E-state index contributed by atoms with van der Waals surface area (Å²) >= 11 is 0. The summed E-state index contributed by atoms with van der Waals surface area (Å²) in [6.07, 6.45) is 8.45. The fourth-order valence-corrected chi connectivity index (χ4v) is 3.05. The lowest BCUT2D eigenvalue weighted by atomic mass is 10.0. The van der Waals surface area contributed by atoms with E-state index in [4.69, 9.17) is 0 Å². The molecule has 0 aromatic rings. The molecule has 0 radical (unpaired) electrons. The van der Waals surface area contributed by atoms with Gasteiger partial charge in [-0.05, 0) is 37.5 Å². The zero-order chi connectivity index (χ0) is 13.2. The molecule has 1 heterocycles. The van der Waals surface area contributed by atoms with Crippen LogP contribution in [0.3, 0.4) is 0 Å². The molecule has 0 aromatic heterocycles. The Labute approximate surface area is 111 Å². The zero-order valence-electron chi connectivity index (χ0n) is 12.2. The van der Waals surface area contributed by atoms with E-state index in [2.05, 4.69) is 31.0 Å². The zero-order valence-corrected chi connectivity index (χ0v) is 12.2. The highest BCUT2D eigenvalue weighted by molar-refractivity contribution is 5.84. The first kappa shape index (κ1) is 13.9. The summed E-state index contributed by atoms with van der Waals surface area (Å²) in [6.45, 7) is 7.60. The summed E-state index contributed by atoms with van der Waals surface area (Å²) in [5.41, 5.74) is 0.463. The van der Waals surface area contributed by atoms with Crippen molar-refractivity contribution in [2.24, 2.45) is 5.41 Å². The Morgan fingerprint density at radius 3 is 2.56 bits per heavy atom. The average molecular weight is 252 g/mol. The van der Waals surface area contributed by atoms with Crippen LogP contribution in [-0.2, 0) is 4.79 Å². The number of carbonyl (C=O) groups is 1. The topological polar surface area (TPSA) is 32.3 Å². The largest absolute Gasteiger partial charge is 0.325 e. The van der Waals surface area contributed by atoms with Gasteiger partial charge in [-0.15, -0.1) is 0 Å². The Morgan fingerprint density at radius 1 is 1.33 bits per heavy atom. The van der Waals surface area contributed by atoms with E-state index in [-0.39, 0.29) is 12.2 Å². The number of rotatable bonds is 7. The molecule has 0 spiro atoms. The van der Waals surface area contributed by atoms with Gasteiger partial charge in [-0.2, -0.15) is 0 Å². The normalized spacial score (nSPS) is 29.9. The lowest BCUT2D eigenvalue weighted by Gasteiger charge is -2.27. The van der Waals surface area contributed by atoms with Crippen LogP contribution in [0.4, 0.5) is 0 Å². The minimum atomic E-state index is 0.0857. The second-order valence-electron chi connectivity index (χ2n) is 6.11. The molecular weight excluding hydrogens is 224 g/mol. The van der Waals surface area contributed by atoms with Gasteiger partial charge in [-0.1, -0.05) is 33.6 Å². The number of unbranched alkanes of at least 4 members (excludes halogenated alkanes) is 1. The van der Waals surface area contributed by atoms with E-state index in [0.717, 1.165) is 25.8 Å². The Hall–Kier alpha value is -0.570. The van der Waals surface area contributed by atoms with Crippen molar-refractivity contribution >= 4 is 5.91 Å². The molecule has 1 aliphatic carbocycles. The molecule has 2 fully saturated rings. The van der Waals surface area contributed by atoms with Gasteiger partial charge in [-0.3, -0.25) is 10.1 Å². The SMILES string of the molecule is CCCCC1NC(CC)N(CC2(CC)CC2)C1=O. The van der Waals surface area contributed by atoms with Crippen molar-refractivity contribution in [3.05, 3.63) is 0 Å². The molecule has 104 valence electrons. The molecule has 0 bridgehead atoms. The molecule has 1 N–H and O–H groups in total. The van der Waals surface area contributed by atoms with Crippen LogP contribution >= 0.6 is 0 Å². The summed E-state index contributed by atoms with van der Waals surface area (Å²) in [4.78, 5) is 14.6. The van der Waals surface area contributed by atoms with Crippen LogP contribution in [-0.4, -0.2) is 29.6 Å². The second kappa shape index (κ2) is 5.60. The van der Waals surface area contributed by atoms with Crippen LogP contribution < -0.4 is 5.32 Å². The third kappa shape index (κ3) is 2.71. The Kier molecular flexibility index (Phi) is 4.31. The Morgan fingerprint density at radius 2 is 2.06 bits per heavy atom. The first-order valence-electron chi connectivity index (χ1n) is 7.72. The smallest absolute Gasteiger partial charge is 0.241 e. The number of hydrogen-bond acceptors (Lipinski definition) is 2. The average Bonchev–Trinajstić information content (AvgIpc) is 3.10. The number of hydrogen-bond donors (Lipinski definition) is 1. The van der Waals surface area contributed by atoms with E-state index in [1.165, 1.54) is 25.7 Å². The highest BCUT2D eigenvalue weighted by atomic mass is 16.2. The summed E-state index contributed by atoms with van der Waals surface area (Å²) in [7, 11) is 0. The maximum Gasteiger partial charge on any atom is 0.241 e. The van der Waals surface area contributed by atoms with Gasteiger partial charge in [0.25, 0.3) is 0 Å². The minimum Gasteiger partial charge on any atom is -0.325 e. The van der Waals surface area contributed by atoms with Crippen molar-refractivity contribution in [3.8, 4) is 0 Å². The number of nitrogens with zero attached hydrogens (tertiary/aromatic N) is 1. The molecule has 1 amide bonds. The highest BCUT2D eigenvalue weighted by Gasteiger charge is 2.47. The van der Waals surface area contributed by atoms with Crippen LogP contribution in [0, 0.1) is 5.41 Å². The fraction of sp³-hybridized carbons (Fsp3) is 0.933. The van der Waals surface area contributed by atoms with Crippen LogP contribution in [0.15, 0.2) is 0 Å². The molecular formula is C15H28N2O. The Bertz CT molecular complexity index is 299. The van der Waals surface area contributed by atoms with Crippen molar-refractivity contribution in [1.29, 1.82) is 0 Å². The van der Waals surface area contributed by atoms with E-state index in [1.807, 2.05) is 0 Å². The third-order valence-electron chi connectivity index (χ3n) is 4.80. The summed E-state index contributed by atoms with van der Waals surface area (Å²) in [6, 6.07) is 0.0857. The van der Waals surface area contributed by atoms with E-state index in [9.17, 15) is 4.79 Å². The van der Waals surface area contributed by atoms with Gasteiger partial charge in [0.2, 0.25) is 5.91 Å². The van der Waals surface area contributed by atoms with Crippen LogP contribution in [0.2, 0.25) is 0 Å². The monoisotopic (exact) mass is 252 g/mol. The van der Waals surface area contributed by atoms with Crippen molar-refractivity contribution < 1.29 is 4.79 Å².